The van der Waals surface area contributed by atoms with Crippen LogP contribution in [0.3, 0.4) is 0 Å². The molecule has 0 aromatic rings. The van der Waals surface area contributed by atoms with Crippen molar-refractivity contribution in [2.24, 2.45) is 11.5 Å². The van der Waals surface area contributed by atoms with Crippen LogP contribution in [0.25, 0.3) is 0 Å². The number of hydrogen-bond acceptors (Lipinski definition) is 15. The van der Waals surface area contributed by atoms with Gasteiger partial charge in [-0.15, -0.1) is 0 Å². The lowest BCUT2D eigenvalue weighted by atomic mass is 10.1. The van der Waals surface area contributed by atoms with Gasteiger partial charge in [-0.2, -0.15) is 37.0 Å². The van der Waals surface area contributed by atoms with Crippen LogP contribution in [0.15, 0.2) is 0 Å². The van der Waals surface area contributed by atoms with E-state index in [1.54, 1.807) is 6.26 Å². The third kappa shape index (κ3) is 15.3. The normalized spacial score (nSPS) is 19.8. The molecule has 59 heavy (non-hydrogen) atoms. The van der Waals surface area contributed by atoms with Gasteiger partial charge in [0.15, 0.2) is 0 Å². The lowest BCUT2D eigenvalue weighted by Gasteiger charge is -2.31. The number of primary amides is 1. The van der Waals surface area contributed by atoms with E-state index in [1.165, 1.54) is 16.7 Å². The Kier molecular flexibility index (Phi) is 21.3. The summed E-state index contributed by atoms with van der Waals surface area (Å²) in [4.78, 5) is 131. The number of carbonyl (C=O) groups is 10. The molecule has 0 saturated carbocycles. The van der Waals surface area contributed by atoms with E-state index in [0.29, 0.717) is 12.2 Å². The molecule has 2 saturated heterocycles. The molecule has 2 aliphatic rings. The van der Waals surface area contributed by atoms with E-state index in [2.05, 4.69) is 51.8 Å². The molecular formula is C34H55N9O13S3. The summed E-state index contributed by atoms with van der Waals surface area (Å²) >= 11 is 9.60. The molecule has 22 nitrogen and oxygen atoms in total. The number of nitrogens with one attached hydrogen (secondary N) is 5. The molecule has 9 atom stereocenters. The van der Waals surface area contributed by atoms with Crippen molar-refractivity contribution in [2.45, 2.75) is 113 Å². The SMILES string of the molecule is CSCC[C@H](N)C(=O)N[C@@H](CC(=O)O)C(=O)N1CCC[C@H]1C(=O)N[C@@H](CCC(=O)O)C(=O)N[C@H](C(=O)N[C@@H](CS)C(=O)N1CCC[C@H]1C(=O)N[C@@H](CS)C(N)=O)[C@@H](C)O. The Bertz CT molecular complexity index is 1580. The predicted molar refractivity (Wildman–Crippen MR) is 218 cm³/mol. The first-order chi connectivity index (χ1) is 27.8. The van der Waals surface area contributed by atoms with Crippen molar-refractivity contribution in [1.82, 2.24) is 36.4 Å². The number of rotatable bonds is 24. The number of hydrogen-bond donors (Lipinski definition) is 12. The maximum absolute atomic E-state index is 13.6. The standard InChI is InChI=1S/C34H55N9O13S3/c1-16(44)26(32(54)40-21(15-58)34(56)43-11-4-6-23(43)31(53)39-20(14-57)27(36)49)41-29(51)18(7-8-24(45)46)37-30(52)22-5-3-10-42(22)33(55)19(13-25(47)48)38-28(50)17(35)9-12-59-2/h16-23,26,44,57-58H,3-15,35H2,1-2H3,(H2,36,49)(H,37,52)(H,38,50)(H,39,53)(H,40,54)(H,41,51)(H,45,46)(H,47,48)/t16-,17+,18+,19+,20+,21+,22+,23+,26+/m1/s1. The Morgan fingerprint density at radius 2 is 1.22 bits per heavy atom. The third-order valence-electron chi connectivity index (χ3n) is 9.62. The van der Waals surface area contributed by atoms with Crippen molar-refractivity contribution in [1.29, 1.82) is 0 Å². The molecule has 2 fully saturated rings. The first-order valence-corrected chi connectivity index (χ1v) is 21.4. The highest BCUT2D eigenvalue weighted by atomic mass is 32.2. The van der Waals surface area contributed by atoms with Gasteiger partial charge in [0, 0.05) is 31.0 Å². The van der Waals surface area contributed by atoms with Crippen LogP contribution in [0.4, 0.5) is 0 Å². The number of thioether (sulfide) groups is 1. The van der Waals surface area contributed by atoms with Crippen LogP contribution in [0.1, 0.15) is 58.3 Å². The summed E-state index contributed by atoms with van der Waals surface area (Å²) in [7, 11) is 0. The summed E-state index contributed by atoms with van der Waals surface area (Å²) in [5.74, 6) is -9.59. The first kappa shape index (κ1) is 50.8. The van der Waals surface area contributed by atoms with E-state index in [-0.39, 0.29) is 50.3 Å². The minimum absolute atomic E-state index is 0.0187. The fourth-order valence-corrected chi connectivity index (χ4v) is 7.43. The molecule has 8 amide bonds. The highest BCUT2D eigenvalue weighted by Crippen LogP contribution is 2.21. The number of nitrogens with two attached hydrogens (primary N) is 2. The molecule has 12 N–H and O–H groups in total. The van der Waals surface area contributed by atoms with Gasteiger partial charge in [0.25, 0.3) is 0 Å². The molecule has 0 spiro atoms. The highest BCUT2D eigenvalue weighted by molar-refractivity contribution is 7.98. The summed E-state index contributed by atoms with van der Waals surface area (Å²) in [6.45, 7) is 1.25. The fourth-order valence-electron chi connectivity index (χ4n) is 6.42. The molecule has 25 heteroatoms. The van der Waals surface area contributed by atoms with Gasteiger partial charge in [-0.25, -0.2) is 0 Å². The molecule has 0 aromatic carbocycles. The molecule has 2 heterocycles. The molecule has 2 aliphatic heterocycles. The smallest absolute Gasteiger partial charge is 0.305 e. The average molecular weight is 894 g/mol. The van der Waals surface area contributed by atoms with Crippen LogP contribution in [-0.4, -0.2) is 175 Å². The van der Waals surface area contributed by atoms with Crippen LogP contribution in [0.2, 0.25) is 0 Å². The lowest BCUT2D eigenvalue weighted by molar-refractivity contribution is -0.146. The molecule has 0 radical (unpaired) electrons. The summed E-state index contributed by atoms with van der Waals surface area (Å²) in [5.41, 5.74) is 11.2. The van der Waals surface area contributed by atoms with Crippen molar-refractivity contribution in [3.05, 3.63) is 0 Å². The highest BCUT2D eigenvalue weighted by Gasteiger charge is 2.42. The zero-order valence-corrected chi connectivity index (χ0v) is 35.3. The number of aliphatic hydroxyl groups excluding tert-OH is 1. The van der Waals surface area contributed by atoms with Gasteiger partial charge in [-0.05, 0) is 57.5 Å². The fraction of sp³-hybridized carbons (Fsp3) is 0.706. The van der Waals surface area contributed by atoms with Crippen molar-refractivity contribution < 1.29 is 63.3 Å². The van der Waals surface area contributed by atoms with Gasteiger partial charge in [0.1, 0.15) is 42.3 Å². The molecule has 0 bridgehead atoms. The van der Waals surface area contributed by atoms with Crippen LogP contribution in [-0.2, 0) is 47.9 Å². The van der Waals surface area contributed by atoms with Gasteiger partial charge >= 0.3 is 11.9 Å². The maximum atomic E-state index is 13.6. The number of amides is 8. The maximum Gasteiger partial charge on any atom is 0.305 e. The van der Waals surface area contributed by atoms with Crippen LogP contribution < -0.4 is 38.1 Å². The second-order valence-corrected chi connectivity index (χ2v) is 15.8. The summed E-state index contributed by atoms with van der Waals surface area (Å²) in [6, 6.07) is -10.8. The monoisotopic (exact) mass is 893 g/mol. The van der Waals surface area contributed by atoms with E-state index >= 15 is 0 Å². The Labute approximate surface area is 355 Å². The van der Waals surface area contributed by atoms with Crippen LogP contribution >= 0.6 is 37.0 Å². The molecular weight excluding hydrogens is 839 g/mol. The largest absolute Gasteiger partial charge is 0.481 e. The van der Waals surface area contributed by atoms with E-state index < -0.39 is 133 Å². The Balaban J connectivity index is 2.23. The second-order valence-electron chi connectivity index (χ2n) is 14.0. The van der Waals surface area contributed by atoms with Gasteiger partial charge in [-0.3, -0.25) is 47.9 Å². The van der Waals surface area contributed by atoms with Crippen LogP contribution in [0, 0.1) is 0 Å². The number of nitrogens with zero attached hydrogens (tertiary/aromatic N) is 2. The Morgan fingerprint density at radius 3 is 1.68 bits per heavy atom. The number of likely N-dealkylation sites (tertiary alicyclic amines) is 2. The predicted octanol–water partition coefficient (Wildman–Crippen LogP) is -4.46. The number of thiol groups is 2. The number of carboxylic acids is 2. The van der Waals surface area contributed by atoms with E-state index in [0.717, 1.165) is 11.8 Å². The van der Waals surface area contributed by atoms with Gasteiger partial charge in [-0.1, -0.05) is 0 Å². The molecule has 332 valence electrons. The zero-order valence-electron chi connectivity index (χ0n) is 32.7. The molecule has 2 rings (SSSR count). The van der Waals surface area contributed by atoms with Crippen molar-refractivity contribution in [3.8, 4) is 0 Å². The van der Waals surface area contributed by atoms with E-state index in [4.69, 9.17) is 11.5 Å². The van der Waals surface area contributed by atoms with Crippen molar-refractivity contribution >= 4 is 96.2 Å². The molecule has 0 aliphatic carbocycles. The summed E-state index contributed by atoms with van der Waals surface area (Å²) in [6.07, 6.45) is -0.550. The number of carboxylic acid groups (broad SMARTS) is 2. The Hall–Kier alpha value is -4.33. The molecule has 0 unspecified atom stereocenters. The first-order valence-electron chi connectivity index (χ1n) is 18.8. The summed E-state index contributed by atoms with van der Waals surface area (Å²) < 4.78 is 0. The van der Waals surface area contributed by atoms with Crippen molar-refractivity contribution in [2.75, 3.05) is 36.6 Å². The number of carbonyl (C=O) groups excluding carboxylic acids is 8. The lowest BCUT2D eigenvalue weighted by Crippen LogP contribution is -2.62. The minimum Gasteiger partial charge on any atom is -0.481 e. The third-order valence-corrected chi connectivity index (χ3v) is 11.0. The van der Waals surface area contributed by atoms with Crippen LogP contribution in [0.5, 0.6) is 0 Å². The topological polar surface area (TPSA) is 350 Å². The minimum atomic E-state index is -1.77. The average Bonchev–Trinajstić information content (AvgIpc) is 3.88. The van der Waals surface area contributed by atoms with Crippen molar-refractivity contribution in [3.63, 3.8) is 0 Å². The number of aliphatic hydroxyl groups is 1. The van der Waals surface area contributed by atoms with Gasteiger partial charge in [0.05, 0.1) is 18.6 Å². The second kappa shape index (κ2) is 24.7. The van der Waals surface area contributed by atoms with E-state index in [1.807, 2.05) is 0 Å². The molecule has 0 aromatic heterocycles. The van der Waals surface area contributed by atoms with Gasteiger partial charge in [0.2, 0.25) is 47.3 Å². The Morgan fingerprint density at radius 1 is 0.712 bits per heavy atom. The van der Waals surface area contributed by atoms with Gasteiger partial charge < -0.3 is 63.2 Å². The number of aliphatic carboxylic acids is 2. The quantitative estimate of drug-likeness (QED) is 0.0407. The summed E-state index contributed by atoms with van der Waals surface area (Å²) in [5, 5.41) is 41.3. The van der Waals surface area contributed by atoms with E-state index in [9.17, 15) is 63.3 Å². The zero-order chi connectivity index (χ0) is 44.6.